The summed E-state index contributed by atoms with van der Waals surface area (Å²) >= 11 is 0. The number of Topliss-reactive ketones (excluding diaryl/α,β-unsaturated/α-hetero) is 1. The number of ether oxygens (including phenoxy) is 1. The molecule has 1 aromatic heterocycles. The fraction of sp³-hybridized carbons (Fsp3) is 0.375. The molecule has 0 bridgehead atoms. The summed E-state index contributed by atoms with van der Waals surface area (Å²) in [5.74, 6) is -0.866. The molecule has 3 rings (SSSR count). The average molecular weight is 424 g/mol. The summed E-state index contributed by atoms with van der Waals surface area (Å²) in [6.45, 7) is 7.27. The van der Waals surface area contributed by atoms with E-state index in [0.29, 0.717) is 23.6 Å². The summed E-state index contributed by atoms with van der Waals surface area (Å²) in [6, 6.07) is 11.4. The highest BCUT2D eigenvalue weighted by molar-refractivity contribution is 6.46. The number of rotatable bonds is 9. The molecular weight excluding hydrogens is 394 g/mol. The van der Waals surface area contributed by atoms with Crippen LogP contribution in [0.4, 0.5) is 0 Å². The first-order valence-electron chi connectivity index (χ1n) is 10.6. The van der Waals surface area contributed by atoms with Crippen LogP contribution in [0, 0.1) is 0 Å². The molecule has 1 N–H and O–H groups in total. The molecule has 1 aromatic carbocycles. The predicted octanol–water partition coefficient (Wildman–Crippen LogP) is 3.24. The maximum absolute atomic E-state index is 13.0. The van der Waals surface area contributed by atoms with Gasteiger partial charge in [0.1, 0.15) is 17.6 Å². The van der Waals surface area contributed by atoms with Gasteiger partial charge in [-0.2, -0.15) is 0 Å². The molecule has 1 unspecified atom stereocenters. The van der Waals surface area contributed by atoms with Crippen molar-refractivity contribution in [2.24, 2.45) is 0 Å². The van der Waals surface area contributed by atoms with E-state index >= 15 is 0 Å². The van der Waals surface area contributed by atoms with Crippen molar-refractivity contribution in [3.63, 3.8) is 0 Å². The van der Waals surface area contributed by atoms with Gasteiger partial charge in [-0.3, -0.25) is 14.6 Å². The van der Waals surface area contributed by atoms with Crippen molar-refractivity contribution in [2.75, 3.05) is 33.3 Å². The molecule has 1 amide bonds. The lowest BCUT2D eigenvalue weighted by Gasteiger charge is -2.26. The molecule has 0 spiro atoms. The normalized spacial score (nSPS) is 18.1. The minimum atomic E-state index is -0.722. The molecule has 1 fully saturated rings. The highest BCUT2D eigenvalue weighted by Gasteiger charge is 2.46. The zero-order valence-corrected chi connectivity index (χ0v) is 18.2. The number of aliphatic hydroxyl groups excluding tert-OH is 1. The highest BCUT2D eigenvalue weighted by Crippen LogP contribution is 2.38. The van der Waals surface area contributed by atoms with E-state index in [4.69, 9.17) is 4.74 Å². The predicted molar refractivity (Wildman–Crippen MR) is 119 cm³/mol. The number of hydrogen-bond acceptors (Lipinski definition) is 6. The number of methoxy groups -OCH3 is 1. The van der Waals surface area contributed by atoms with Gasteiger partial charge in [0, 0.05) is 18.3 Å². The van der Waals surface area contributed by atoms with Crippen LogP contribution in [0.1, 0.15) is 37.6 Å². The summed E-state index contributed by atoms with van der Waals surface area (Å²) in [7, 11) is 1.56. The number of aliphatic hydroxyl groups is 1. The van der Waals surface area contributed by atoms with Crippen molar-refractivity contribution in [1.29, 1.82) is 0 Å². The molecular formula is C24H29N3O4. The monoisotopic (exact) mass is 423 g/mol. The van der Waals surface area contributed by atoms with E-state index in [1.165, 1.54) is 4.90 Å². The molecule has 7 nitrogen and oxygen atoms in total. The molecule has 1 atom stereocenters. The van der Waals surface area contributed by atoms with Gasteiger partial charge in [0.2, 0.25) is 0 Å². The third-order valence-electron chi connectivity index (χ3n) is 5.64. The zero-order valence-electron chi connectivity index (χ0n) is 18.2. The van der Waals surface area contributed by atoms with Gasteiger partial charge in [0.15, 0.2) is 0 Å². The number of nitrogens with zero attached hydrogens (tertiary/aromatic N) is 3. The van der Waals surface area contributed by atoms with Crippen LogP contribution in [-0.4, -0.2) is 64.9 Å². The first-order valence-corrected chi connectivity index (χ1v) is 10.6. The second kappa shape index (κ2) is 10.2. The van der Waals surface area contributed by atoms with Gasteiger partial charge in [-0.25, -0.2) is 0 Å². The first kappa shape index (κ1) is 22.5. The number of benzene rings is 1. The number of aromatic nitrogens is 1. The van der Waals surface area contributed by atoms with Gasteiger partial charge in [0.25, 0.3) is 11.7 Å². The van der Waals surface area contributed by atoms with Crippen molar-refractivity contribution < 1.29 is 19.4 Å². The standard InChI is InChI=1S/C24H29N3O4/c1-4-26(5-2)15-8-16-27-21(19-9-6-7-14-25-19)20(23(29)24(27)30)22(28)17-10-12-18(31-3)13-11-17/h6-7,9-14,21,28H,4-5,8,15-16H2,1-3H3/b22-20-. The summed E-state index contributed by atoms with van der Waals surface area (Å²) in [4.78, 5) is 34.1. The maximum atomic E-state index is 13.0. The molecule has 1 aliphatic rings. The summed E-state index contributed by atoms with van der Waals surface area (Å²) in [5.41, 5.74) is 1.07. The van der Waals surface area contributed by atoms with E-state index in [0.717, 1.165) is 26.1 Å². The summed E-state index contributed by atoms with van der Waals surface area (Å²) in [5, 5.41) is 11.0. The smallest absolute Gasteiger partial charge is 0.295 e. The Kier molecular flexibility index (Phi) is 7.41. The fourth-order valence-electron chi connectivity index (χ4n) is 3.86. The molecule has 7 heteroatoms. The SMILES string of the molecule is CCN(CC)CCCN1C(=O)C(=O)/C(=C(\O)c2ccc(OC)cc2)C1c1ccccn1. The van der Waals surface area contributed by atoms with Gasteiger partial charge in [0.05, 0.1) is 18.4 Å². The number of ketones is 1. The largest absolute Gasteiger partial charge is 0.507 e. The second-order valence-electron chi connectivity index (χ2n) is 7.36. The lowest BCUT2D eigenvalue weighted by molar-refractivity contribution is -0.140. The van der Waals surface area contributed by atoms with E-state index in [-0.39, 0.29) is 11.3 Å². The summed E-state index contributed by atoms with van der Waals surface area (Å²) in [6.07, 6.45) is 2.35. The Morgan fingerprint density at radius 2 is 1.84 bits per heavy atom. The van der Waals surface area contributed by atoms with Crippen LogP contribution in [0.2, 0.25) is 0 Å². The van der Waals surface area contributed by atoms with Crippen molar-refractivity contribution in [3.05, 3.63) is 65.5 Å². The first-order chi connectivity index (χ1) is 15.0. The number of carbonyl (C=O) groups excluding carboxylic acids is 2. The molecule has 1 aliphatic heterocycles. The van der Waals surface area contributed by atoms with Crippen molar-refractivity contribution in [2.45, 2.75) is 26.3 Å². The van der Waals surface area contributed by atoms with Crippen molar-refractivity contribution >= 4 is 17.4 Å². The molecule has 0 aliphatic carbocycles. The minimum Gasteiger partial charge on any atom is -0.507 e. The van der Waals surface area contributed by atoms with E-state index in [1.54, 1.807) is 49.7 Å². The Labute approximate surface area is 183 Å². The Hall–Kier alpha value is -3.19. The van der Waals surface area contributed by atoms with Gasteiger partial charge in [-0.15, -0.1) is 0 Å². The molecule has 1 saturated heterocycles. The Morgan fingerprint density at radius 3 is 2.42 bits per heavy atom. The third-order valence-corrected chi connectivity index (χ3v) is 5.64. The average Bonchev–Trinajstić information content (AvgIpc) is 3.07. The van der Waals surface area contributed by atoms with Crippen LogP contribution < -0.4 is 4.74 Å². The van der Waals surface area contributed by atoms with E-state index in [9.17, 15) is 14.7 Å². The fourth-order valence-corrected chi connectivity index (χ4v) is 3.86. The minimum absolute atomic E-state index is 0.0664. The van der Waals surface area contributed by atoms with Gasteiger partial charge < -0.3 is 19.6 Å². The Morgan fingerprint density at radius 1 is 1.13 bits per heavy atom. The highest BCUT2D eigenvalue weighted by atomic mass is 16.5. The van der Waals surface area contributed by atoms with E-state index in [1.807, 2.05) is 6.07 Å². The van der Waals surface area contributed by atoms with Gasteiger partial charge >= 0.3 is 0 Å². The van der Waals surface area contributed by atoms with Crippen LogP contribution in [0.25, 0.3) is 5.76 Å². The van der Waals surface area contributed by atoms with E-state index < -0.39 is 17.7 Å². The molecule has 0 saturated carbocycles. The summed E-state index contributed by atoms with van der Waals surface area (Å²) < 4.78 is 5.16. The van der Waals surface area contributed by atoms with Crippen molar-refractivity contribution in [1.82, 2.24) is 14.8 Å². The third kappa shape index (κ3) is 4.77. The molecule has 2 heterocycles. The van der Waals surface area contributed by atoms with Crippen LogP contribution in [0.3, 0.4) is 0 Å². The van der Waals surface area contributed by atoms with Crippen LogP contribution in [0.5, 0.6) is 5.75 Å². The van der Waals surface area contributed by atoms with Crippen LogP contribution in [-0.2, 0) is 9.59 Å². The number of hydrogen-bond donors (Lipinski definition) is 1. The molecule has 164 valence electrons. The lowest BCUT2D eigenvalue weighted by Crippen LogP contribution is -2.33. The van der Waals surface area contributed by atoms with Gasteiger partial charge in [-0.05, 0) is 62.5 Å². The quantitative estimate of drug-likeness (QED) is 0.379. The molecule has 31 heavy (non-hydrogen) atoms. The second-order valence-corrected chi connectivity index (χ2v) is 7.36. The number of pyridine rings is 1. The topological polar surface area (TPSA) is 83.0 Å². The number of likely N-dealkylation sites (tertiary alicyclic amines) is 1. The lowest BCUT2D eigenvalue weighted by atomic mass is 9.98. The van der Waals surface area contributed by atoms with Crippen molar-refractivity contribution in [3.8, 4) is 5.75 Å². The Bertz CT molecular complexity index is 937. The Balaban J connectivity index is 1.98. The van der Waals surface area contributed by atoms with E-state index in [2.05, 4.69) is 23.7 Å². The van der Waals surface area contributed by atoms with Crippen LogP contribution >= 0.6 is 0 Å². The number of carbonyl (C=O) groups is 2. The number of amides is 1. The van der Waals surface area contributed by atoms with Crippen LogP contribution in [0.15, 0.2) is 54.2 Å². The van der Waals surface area contributed by atoms with Gasteiger partial charge in [-0.1, -0.05) is 19.9 Å². The molecule has 2 aromatic rings. The zero-order chi connectivity index (χ0) is 22.4. The maximum Gasteiger partial charge on any atom is 0.295 e. The molecule has 0 radical (unpaired) electrons.